The number of nitriles is 2. The molecule has 1 N–H and O–H groups in total. The van der Waals surface area contributed by atoms with Crippen LogP contribution in [0.2, 0.25) is 0 Å². The Bertz CT molecular complexity index is 276. The lowest BCUT2D eigenvalue weighted by Crippen LogP contribution is -2.30. The smallest absolute Gasteiger partial charge is 0.0873 e. The van der Waals surface area contributed by atoms with Gasteiger partial charge in [0.2, 0.25) is 0 Å². The van der Waals surface area contributed by atoms with Crippen molar-refractivity contribution in [2.45, 2.75) is 44.6 Å². The minimum absolute atomic E-state index is 0.296. The van der Waals surface area contributed by atoms with Gasteiger partial charge in [-0.05, 0) is 38.7 Å². The highest BCUT2D eigenvalue weighted by Crippen LogP contribution is 2.27. The highest BCUT2D eigenvalue weighted by molar-refractivity contribution is 5.15. The van der Waals surface area contributed by atoms with Crippen molar-refractivity contribution in [3.63, 3.8) is 0 Å². The average Bonchev–Trinajstić information content (AvgIpc) is 2.24. The van der Waals surface area contributed by atoms with E-state index in [-0.39, 0.29) is 0 Å². The van der Waals surface area contributed by atoms with E-state index in [0.717, 1.165) is 5.57 Å². The molecule has 0 unspecified atom stereocenters. The quantitative estimate of drug-likeness (QED) is 0.677. The Morgan fingerprint density at radius 1 is 1.33 bits per heavy atom. The highest BCUT2D eigenvalue weighted by atomic mass is 16.3. The second-order valence-corrected chi connectivity index (χ2v) is 3.52. The molecule has 3 heteroatoms. The Hall–Kier alpha value is -1.32. The number of hydrogen-bond acceptors (Lipinski definition) is 3. The van der Waals surface area contributed by atoms with Gasteiger partial charge in [0.15, 0.2) is 0 Å². The Morgan fingerprint density at radius 3 is 2.13 bits per heavy atom. The van der Waals surface area contributed by atoms with E-state index in [1.54, 1.807) is 0 Å². The third-order valence-electron chi connectivity index (χ3n) is 2.49. The Balaban J connectivity index is 4.62. The van der Waals surface area contributed by atoms with Crippen LogP contribution in [0.3, 0.4) is 0 Å². The third kappa shape index (κ3) is 4.63. The fourth-order valence-corrected chi connectivity index (χ4v) is 1.45. The number of nitrogens with zero attached hydrogens (tertiary/aromatic N) is 2. The molecular weight excluding hydrogens is 188 g/mol. The van der Waals surface area contributed by atoms with Gasteiger partial charge in [0.1, 0.15) is 0 Å². The topological polar surface area (TPSA) is 67.8 Å². The van der Waals surface area contributed by atoms with Crippen LogP contribution in [0.5, 0.6) is 0 Å². The fraction of sp³-hybridized carbons (Fsp3) is 0.583. The second kappa shape index (κ2) is 7.04. The lowest BCUT2D eigenvalue weighted by atomic mass is 9.85. The first kappa shape index (κ1) is 13.7. The van der Waals surface area contributed by atoms with E-state index in [9.17, 15) is 5.11 Å². The van der Waals surface area contributed by atoms with Crippen molar-refractivity contribution in [2.24, 2.45) is 0 Å². The number of allylic oxidation sites excluding steroid dienone is 1. The normalized spacial score (nSPS) is 11.9. The van der Waals surface area contributed by atoms with Gasteiger partial charge in [-0.3, -0.25) is 0 Å². The molecule has 0 heterocycles. The molecule has 0 atom stereocenters. The van der Waals surface area contributed by atoms with E-state index in [0.29, 0.717) is 32.1 Å². The van der Waals surface area contributed by atoms with Crippen LogP contribution in [0.15, 0.2) is 11.6 Å². The van der Waals surface area contributed by atoms with Gasteiger partial charge in [0.25, 0.3) is 0 Å². The molecule has 15 heavy (non-hydrogen) atoms. The van der Waals surface area contributed by atoms with Gasteiger partial charge in [0.05, 0.1) is 17.7 Å². The van der Waals surface area contributed by atoms with Crippen LogP contribution in [-0.4, -0.2) is 10.7 Å². The summed E-state index contributed by atoms with van der Waals surface area (Å²) in [6, 6.07) is 4.02. The summed E-state index contributed by atoms with van der Waals surface area (Å²) in [4.78, 5) is 0. The second-order valence-electron chi connectivity index (χ2n) is 3.52. The number of rotatable bonds is 6. The molecule has 81 valence electrons. The zero-order valence-electron chi connectivity index (χ0n) is 9.16. The molecule has 3 nitrogen and oxygen atoms in total. The Labute approximate surface area is 91.6 Å². The van der Waals surface area contributed by atoms with Gasteiger partial charge in [-0.15, -0.1) is 0 Å². The molecule has 0 bridgehead atoms. The van der Waals surface area contributed by atoms with Gasteiger partial charge in [-0.2, -0.15) is 10.5 Å². The molecule has 0 aromatic rings. The first-order valence-corrected chi connectivity index (χ1v) is 5.03. The summed E-state index contributed by atoms with van der Waals surface area (Å²) in [7, 11) is 0. The van der Waals surface area contributed by atoms with Crippen LogP contribution in [0.25, 0.3) is 0 Å². The molecular formula is C12H17N2O. The number of aliphatic hydroxyl groups is 1. The van der Waals surface area contributed by atoms with E-state index >= 15 is 0 Å². The summed E-state index contributed by atoms with van der Waals surface area (Å²) in [5.74, 6) is 0. The predicted octanol–water partition coefficient (Wildman–Crippen LogP) is 2.50. The highest BCUT2D eigenvalue weighted by Gasteiger charge is 2.27. The molecule has 0 aromatic carbocycles. The molecule has 0 aromatic heterocycles. The van der Waals surface area contributed by atoms with Gasteiger partial charge in [0, 0.05) is 12.8 Å². The molecule has 0 aliphatic carbocycles. The van der Waals surface area contributed by atoms with Crippen molar-refractivity contribution in [1.82, 2.24) is 0 Å². The lowest BCUT2D eigenvalue weighted by molar-refractivity contribution is 0.0624. The minimum Gasteiger partial charge on any atom is -0.385 e. The lowest BCUT2D eigenvalue weighted by Gasteiger charge is -2.27. The number of hydrogen-bond donors (Lipinski definition) is 1. The molecule has 0 rings (SSSR count). The maximum Gasteiger partial charge on any atom is 0.0873 e. The largest absolute Gasteiger partial charge is 0.385 e. The van der Waals surface area contributed by atoms with Crippen molar-refractivity contribution < 1.29 is 5.11 Å². The van der Waals surface area contributed by atoms with Crippen LogP contribution in [0.4, 0.5) is 0 Å². The maximum absolute atomic E-state index is 10.3. The summed E-state index contributed by atoms with van der Waals surface area (Å²) in [5.41, 5.74) is -0.202. The van der Waals surface area contributed by atoms with Gasteiger partial charge in [-0.1, -0.05) is 6.08 Å². The molecule has 0 aliphatic heterocycles. The molecule has 0 saturated carbocycles. The molecule has 1 radical (unpaired) electrons. The van der Waals surface area contributed by atoms with Gasteiger partial charge in [-0.25, -0.2) is 0 Å². The van der Waals surface area contributed by atoms with Crippen molar-refractivity contribution >= 4 is 0 Å². The first-order valence-electron chi connectivity index (χ1n) is 5.03. The van der Waals surface area contributed by atoms with E-state index in [1.165, 1.54) is 0 Å². The van der Waals surface area contributed by atoms with E-state index in [2.05, 4.69) is 6.92 Å². The van der Waals surface area contributed by atoms with E-state index in [1.807, 2.05) is 25.1 Å². The predicted molar refractivity (Wildman–Crippen MR) is 58.4 cm³/mol. The van der Waals surface area contributed by atoms with Crippen LogP contribution in [0, 0.1) is 29.6 Å². The van der Waals surface area contributed by atoms with Crippen molar-refractivity contribution in [2.75, 3.05) is 0 Å². The Kier molecular flexibility index (Phi) is 6.42. The Morgan fingerprint density at radius 2 is 1.80 bits per heavy atom. The zero-order chi connectivity index (χ0) is 11.7. The van der Waals surface area contributed by atoms with Crippen LogP contribution < -0.4 is 0 Å². The van der Waals surface area contributed by atoms with Crippen LogP contribution in [-0.2, 0) is 0 Å². The van der Waals surface area contributed by atoms with Crippen LogP contribution in [0.1, 0.15) is 39.0 Å². The molecule has 0 spiro atoms. The first-order chi connectivity index (χ1) is 7.10. The van der Waals surface area contributed by atoms with Crippen LogP contribution >= 0.6 is 0 Å². The standard InChI is InChI=1S/C12H17N2O/c1-3-6-11(2)12(15,7-4-9-13)8-5-10-14/h6,15H,1,3-5,7-8H2,2H3/b11-6+. The SMILES string of the molecule is [CH2]C/C=C(\C)C(O)(CCC#N)CCC#N. The van der Waals surface area contributed by atoms with Gasteiger partial charge < -0.3 is 5.11 Å². The third-order valence-corrected chi connectivity index (χ3v) is 2.49. The molecule has 0 aliphatic rings. The maximum atomic E-state index is 10.3. The summed E-state index contributed by atoms with van der Waals surface area (Å²) in [5, 5.41) is 27.3. The molecule has 0 amide bonds. The average molecular weight is 205 g/mol. The molecule has 0 saturated heterocycles. The fourth-order valence-electron chi connectivity index (χ4n) is 1.45. The monoisotopic (exact) mass is 205 g/mol. The van der Waals surface area contributed by atoms with Crippen molar-refractivity contribution in [3.05, 3.63) is 18.6 Å². The van der Waals surface area contributed by atoms with E-state index < -0.39 is 5.60 Å². The summed E-state index contributed by atoms with van der Waals surface area (Å²) < 4.78 is 0. The van der Waals surface area contributed by atoms with Crippen molar-refractivity contribution in [3.8, 4) is 12.1 Å². The van der Waals surface area contributed by atoms with Gasteiger partial charge >= 0.3 is 0 Å². The summed E-state index contributed by atoms with van der Waals surface area (Å²) in [6.07, 6.45) is 3.80. The minimum atomic E-state index is -1.01. The molecule has 0 fully saturated rings. The van der Waals surface area contributed by atoms with E-state index in [4.69, 9.17) is 10.5 Å². The summed E-state index contributed by atoms with van der Waals surface area (Å²) in [6.45, 7) is 5.50. The summed E-state index contributed by atoms with van der Waals surface area (Å²) >= 11 is 0. The van der Waals surface area contributed by atoms with Crippen molar-refractivity contribution in [1.29, 1.82) is 10.5 Å². The zero-order valence-corrected chi connectivity index (χ0v) is 9.16.